The molecule has 0 unspecified atom stereocenters. The maximum Gasteiger partial charge on any atom is 0.416 e. The normalized spacial score (nSPS) is 11.9. The van der Waals surface area contributed by atoms with Gasteiger partial charge in [-0.05, 0) is 48.7 Å². The van der Waals surface area contributed by atoms with E-state index in [1.807, 2.05) is 30.5 Å². The molecule has 0 radical (unpaired) electrons. The molecule has 0 aliphatic carbocycles. The number of alkyl halides is 3. The van der Waals surface area contributed by atoms with Crippen molar-refractivity contribution in [3.05, 3.63) is 95.2 Å². The van der Waals surface area contributed by atoms with E-state index in [-0.39, 0.29) is 18.1 Å². The van der Waals surface area contributed by atoms with Crippen molar-refractivity contribution < 1.29 is 26.7 Å². The highest BCUT2D eigenvalue weighted by Gasteiger charge is 2.30. The van der Waals surface area contributed by atoms with E-state index in [0.29, 0.717) is 17.5 Å². The molecule has 34 heavy (non-hydrogen) atoms. The summed E-state index contributed by atoms with van der Waals surface area (Å²) in [6, 6.07) is 10.1. The Morgan fingerprint density at radius 2 is 1.88 bits per heavy atom. The number of hydrogen-bond donors (Lipinski definition) is 0. The monoisotopic (exact) mass is 472 g/mol. The molecular weight excluding hydrogens is 452 g/mol. The Labute approximate surface area is 192 Å². The minimum absolute atomic E-state index is 0.00891. The molecule has 0 bridgehead atoms. The zero-order valence-electron chi connectivity index (χ0n) is 17.9. The summed E-state index contributed by atoms with van der Waals surface area (Å²) in [7, 11) is 0. The lowest BCUT2D eigenvalue weighted by molar-refractivity contribution is -0.137. The van der Waals surface area contributed by atoms with E-state index < -0.39 is 17.6 Å². The molecule has 0 saturated heterocycles. The molecule has 6 nitrogen and oxygen atoms in total. The van der Waals surface area contributed by atoms with E-state index in [1.165, 1.54) is 24.0 Å². The molecule has 0 spiro atoms. The van der Waals surface area contributed by atoms with Crippen molar-refractivity contribution in [1.82, 2.24) is 20.0 Å². The van der Waals surface area contributed by atoms with Gasteiger partial charge in [-0.3, -0.25) is 4.68 Å². The van der Waals surface area contributed by atoms with Crippen LogP contribution in [0.1, 0.15) is 34.7 Å². The molecule has 0 fully saturated rings. The summed E-state index contributed by atoms with van der Waals surface area (Å²) < 4.78 is 64.6. The number of aromatic nitrogens is 4. The van der Waals surface area contributed by atoms with Gasteiger partial charge in [0, 0.05) is 24.4 Å². The van der Waals surface area contributed by atoms with Gasteiger partial charge in [0.1, 0.15) is 30.1 Å². The minimum atomic E-state index is -4.60. The molecule has 0 N–H and O–H groups in total. The van der Waals surface area contributed by atoms with Crippen molar-refractivity contribution in [2.24, 2.45) is 0 Å². The van der Waals surface area contributed by atoms with E-state index in [2.05, 4.69) is 15.3 Å². The molecule has 2 aromatic carbocycles. The molecule has 2 aromatic heterocycles. The second-order valence-corrected chi connectivity index (χ2v) is 7.45. The summed E-state index contributed by atoms with van der Waals surface area (Å²) in [5, 5.41) is 7.71. The third-order valence-corrected chi connectivity index (χ3v) is 4.94. The van der Waals surface area contributed by atoms with Gasteiger partial charge in [-0.2, -0.15) is 13.2 Å². The fourth-order valence-electron chi connectivity index (χ4n) is 3.17. The van der Waals surface area contributed by atoms with Gasteiger partial charge in [-0.25, -0.2) is 9.37 Å². The minimum Gasteiger partial charge on any atom is -0.487 e. The predicted molar refractivity (Wildman–Crippen MR) is 116 cm³/mol. The zero-order chi connectivity index (χ0) is 24.0. The van der Waals surface area contributed by atoms with Crippen LogP contribution in [0.3, 0.4) is 0 Å². The van der Waals surface area contributed by atoms with E-state index in [4.69, 9.17) is 9.15 Å². The fourth-order valence-corrected chi connectivity index (χ4v) is 3.17. The number of hydrogen-bond acceptors (Lipinski definition) is 5. The van der Waals surface area contributed by atoms with Crippen molar-refractivity contribution in [1.29, 1.82) is 0 Å². The smallest absolute Gasteiger partial charge is 0.416 e. The highest BCUT2D eigenvalue weighted by molar-refractivity contribution is 5.66. The van der Waals surface area contributed by atoms with Crippen LogP contribution < -0.4 is 4.74 Å². The van der Waals surface area contributed by atoms with Crippen LogP contribution in [0.15, 0.2) is 65.5 Å². The predicted octanol–water partition coefficient (Wildman–Crippen LogP) is 5.81. The number of oxazole rings is 1. The van der Waals surface area contributed by atoms with Gasteiger partial charge in [-0.15, -0.1) is 5.10 Å². The summed E-state index contributed by atoms with van der Waals surface area (Å²) in [5.74, 6) is -0.129. The Kier molecular flexibility index (Phi) is 7.05. The average molecular weight is 472 g/mol. The molecule has 0 saturated carbocycles. The lowest BCUT2D eigenvalue weighted by Crippen LogP contribution is -2.05. The van der Waals surface area contributed by atoms with Crippen LogP contribution in [-0.4, -0.2) is 20.0 Å². The van der Waals surface area contributed by atoms with E-state index >= 15 is 0 Å². The third-order valence-electron chi connectivity index (χ3n) is 4.94. The first kappa shape index (κ1) is 23.2. The fraction of sp³-hybridized carbons (Fsp3) is 0.208. The SMILES string of the molecule is Fc1cc(C(F)(F)F)ccc1/C=C/c1nc(COc2ccc(CCCn3ccnn3)cc2)co1. The van der Waals surface area contributed by atoms with Crippen LogP contribution in [0.2, 0.25) is 0 Å². The lowest BCUT2D eigenvalue weighted by atomic mass is 10.1. The van der Waals surface area contributed by atoms with Crippen LogP contribution in [0.25, 0.3) is 12.2 Å². The van der Waals surface area contributed by atoms with Crippen molar-refractivity contribution in [3.8, 4) is 5.75 Å². The first-order chi connectivity index (χ1) is 16.4. The van der Waals surface area contributed by atoms with Gasteiger partial charge in [0.25, 0.3) is 0 Å². The molecule has 0 amide bonds. The van der Waals surface area contributed by atoms with Crippen LogP contribution in [0.4, 0.5) is 17.6 Å². The van der Waals surface area contributed by atoms with Gasteiger partial charge in [-0.1, -0.05) is 23.4 Å². The van der Waals surface area contributed by atoms with Crippen molar-refractivity contribution in [2.45, 2.75) is 32.2 Å². The van der Waals surface area contributed by atoms with E-state index in [9.17, 15) is 17.6 Å². The standard InChI is InChI=1S/C24H20F4N4O2/c25-22-14-19(24(26,27)28)7-5-18(22)6-10-23-30-20(16-34-23)15-33-21-8-3-17(4-9-21)2-1-12-32-13-11-29-31-32/h3-11,13-14,16H,1-2,12,15H2/b10-6+. The summed E-state index contributed by atoms with van der Waals surface area (Å²) in [4.78, 5) is 4.22. The third kappa shape index (κ3) is 6.31. The highest BCUT2D eigenvalue weighted by atomic mass is 19.4. The van der Waals surface area contributed by atoms with Crippen LogP contribution in [0.5, 0.6) is 5.75 Å². The molecule has 4 aromatic rings. The first-order valence-electron chi connectivity index (χ1n) is 10.4. The average Bonchev–Trinajstić information content (AvgIpc) is 3.49. The van der Waals surface area contributed by atoms with E-state index in [1.54, 1.807) is 10.9 Å². The summed E-state index contributed by atoms with van der Waals surface area (Å²) >= 11 is 0. The molecule has 10 heteroatoms. The molecule has 2 heterocycles. The van der Waals surface area contributed by atoms with Crippen LogP contribution >= 0.6 is 0 Å². The molecule has 4 rings (SSSR count). The number of benzene rings is 2. The highest BCUT2D eigenvalue weighted by Crippen LogP contribution is 2.30. The molecule has 0 atom stereocenters. The molecule has 0 aliphatic heterocycles. The number of aryl methyl sites for hydroxylation is 2. The lowest BCUT2D eigenvalue weighted by Gasteiger charge is -2.07. The van der Waals surface area contributed by atoms with Gasteiger partial charge < -0.3 is 9.15 Å². The Morgan fingerprint density at radius 1 is 1.06 bits per heavy atom. The van der Waals surface area contributed by atoms with Crippen LogP contribution in [0, 0.1) is 5.82 Å². The number of nitrogens with zero attached hydrogens (tertiary/aromatic N) is 4. The number of ether oxygens (including phenoxy) is 1. The van der Waals surface area contributed by atoms with Crippen molar-refractivity contribution >= 4 is 12.2 Å². The number of rotatable bonds is 9. The second-order valence-electron chi connectivity index (χ2n) is 7.45. The van der Waals surface area contributed by atoms with Gasteiger partial charge in [0.2, 0.25) is 5.89 Å². The largest absolute Gasteiger partial charge is 0.487 e. The Balaban J connectivity index is 1.27. The Hall–Kier alpha value is -3.95. The van der Waals surface area contributed by atoms with E-state index in [0.717, 1.165) is 31.5 Å². The maximum absolute atomic E-state index is 13.9. The van der Waals surface area contributed by atoms with Gasteiger partial charge in [0.05, 0.1) is 11.8 Å². The van der Waals surface area contributed by atoms with Crippen molar-refractivity contribution in [3.63, 3.8) is 0 Å². The number of halogens is 4. The Morgan fingerprint density at radius 3 is 2.59 bits per heavy atom. The summed E-state index contributed by atoms with van der Waals surface area (Å²) in [6.07, 6.45) is 4.81. The zero-order valence-corrected chi connectivity index (χ0v) is 17.9. The molecule has 176 valence electrons. The van der Waals surface area contributed by atoms with Gasteiger partial charge >= 0.3 is 6.18 Å². The first-order valence-corrected chi connectivity index (χ1v) is 10.4. The maximum atomic E-state index is 13.9. The Bertz CT molecular complexity index is 1230. The van der Waals surface area contributed by atoms with Crippen LogP contribution in [-0.2, 0) is 25.7 Å². The van der Waals surface area contributed by atoms with Crippen molar-refractivity contribution in [2.75, 3.05) is 0 Å². The molecular formula is C24H20F4N4O2. The summed E-state index contributed by atoms with van der Waals surface area (Å²) in [6.45, 7) is 0.963. The quantitative estimate of drug-likeness (QED) is 0.288. The molecule has 0 aliphatic rings. The summed E-state index contributed by atoms with van der Waals surface area (Å²) in [5.41, 5.74) is 0.643. The second kappa shape index (κ2) is 10.3. The topological polar surface area (TPSA) is 66.0 Å². The van der Waals surface area contributed by atoms with Gasteiger partial charge in [0.15, 0.2) is 0 Å².